The lowest BCUT2D eigenvalue weighted by Gasteiger charge is -2.12. The molecule has 0 radical (unpaired) electrons. The molecule has 0 bridgehead atoms. The van der Waals surface area contributed by atoms with Gasteiger partial charge in [-0.25, -0.2) is 4.98 Å². The highest BCUT2D eigenvalue weighted by atomic mass is 32.1. The Morgan fingerprint density at radius 3 is 3.05 bits per heavy atom. The second-order valence-corrected chi connectivity index (χ2v) is 6.64. The maximum absolute atomic E-state index is 9.82. The zero-order valence-corrected chi connectivity index (χ0v) is 13.9. The molecule has 2 aromatic heterocycles. The Morgan fingerprint density at radius 2 is 2.33 bits per heavy atom. The molecule has 0 saturated carbocycles. The molecule has 0 spiro atoms. The van der Waals surface area contributed by atoms with Gasteiger partial charge in [0.1, 0.15) is 0 Å². The van der Waals surface area contributed by atoms with Crippen LogP contribution < -0.4 is 5.32 Å². The second kappa shape index (κ2) is 9.27. The molecule has 1 atom stereocenters. The molecule has 0 aromatic carbocycles. The Bertz CT molecular complexity index is 500. The van der Waals surface area contributed by atoms with Gasteiger partial charge in [-0.05, 0) is 42.3 Å². The summed E-state index contributed by atoms with van der Waals surface area (Å²) >= 11 is 3.38. The van der Waals surface area contributed by atoms with Crippen molar-refractivity contribution < 1.29 is 9.84 Å². The molecule has 116 valence electrons. The number of hydrogen-bond donors (Lipinski definition) is 2. The molecule has 21 heavy (non-hydrogen) atoms. The van der Waals surface area contributed by atoms with Crippen LogP contribution in [-0.4, -0.2) is 42.5 Å². The second-order valence-electron chi connectivity index (χ2n) is 4.93. The number of nitrogens with zero attached hydrogens (tertiary/aromatic N) is 1. The third-order valence-electron chi connectivity index (χ3n) is 3.18. The summed E-state index contributed by atoms with van der Waals surface area (Å²) in [5.74, 6) is 0. The molecular weight excluding hydrogens is 304 g/mol. The van der Waals surface area contributed by atoms with Crippen molar-refractivity contribution in [1.82, 2.24) is 10.3 Å². The lowest BCUT2D eigenvalue weighted by atomic mass is 10.2. The largest absolute Gasteiger partial charge is 0.389 e. The summed E-state index contributed by atoms with van der Waals surface area (Å²) in [6.07, 6.45) is 1.42. The van der Waals surface area contributed by atoms with E-state index in [2.05, 4.69) is 27.1 Å². The van der Waals surface area contributed by atoms with Crippen molar-refractivity contribution in [2.75, 3.05) is 26.3 Å². The van der Waals surface area contributed by atoms with Gasteiger partial charge in [-0.3, -0.25) is 0 Å². The van der Waals surface area contributed by atoms with Crippen LogP contribution in [0, 0.1) is 6.92 Å². The number of thiophene rings is 1. The van der Waals surface area contributed by atoms with E-state index in [1.54, 1.807) is 22.7 Å². The molecule has 0 saturated heterocycles. The van der Waals surface area contributed by atoms with Gasteiger partial charge in [0.2, 0.25) is 0 Å². The summed E-state index contributed by atoms with van der Waals surface area (Å²) < 4.78 is 5.52. The topological polar surface area (TPSA) is 54.4 Å². The zero-order chi connectivity index (χ0) is 14.9. The normalized spacial score (nSPS) is 12.7. The smallest absolute Gasteiger partial charge is 0.0897 e. The Labute approximate surface area is 133 Å². The van der Waals surface area contributed by atoms with E-state index in [9.17, 15) is 5.11 Å². The molecule has 2 heterocycles. The van der Waals surface area contributed by atoms with Gasteiger partial charge in [0.15, 0.2) is 0 Å². The van der Waals surface area contributed by atoms with Crippen LogP contribution in [0.2, 0.25) is 0 Å². The monoisotopic (exact) mass is 326 g/mol. The number of hydrogen-bond acceptors (Lipinski definition) is 6. The van der Waals surface area contributed by atoms with E-state index in [0.29, 0.717) is 19.8 Å². The lowest BCUT2D eigenvalue weighted by Crippen LogP contribution is -2.31. The molecule has 0 amide bonds. The average molecular weight is 326 g/mol. The Balaban J connectivity index is 1.47. The summed E-state index contributed by atoms with van der Waals surface area (Å²) in [5.41, 5.74) is 4.29. The molecule has 0 fully saturated rings. The van der Waals surface area contributed by atoms with Gasteiger partial charge >= 0.3 is 0 Å². The number of aliphatic hydroxyl groups excluding tert-OH is 1. The first-order valence-electron chi connectivity index (χ1n) is 7.12. The quantitative estimate of drug-likeness (QED) is 0.658. The summed E-state index contributed by atoms with van der Waals surface area (Å²) in [6, 6.07) is 2.13. The maximum atomic E-state index is 9.82. The van der Waals surface area contributed by atoms with Crippen LogP contribution in [0.1, 0.15) is 16.1 Å². The Morgan fingerprint density at radius 1 is 1.43 bits per heavy atom. The van der Waals surface area contributed by atoms with Crippen molar-refractivity contribution in [2.24, 2.45) is 0 Å². The molecule has 2 rings (SSSR count). The first-order valence-corrected chi connectivity index (χ1v) is 8.94. The number of nitrogens with one attached hydrogen (secondary N) is 1. The molecule has 4 nitrogen and oxygen atoms in total. The summed E-state index contributed by atoms with van der Waals surface area (Å²) in [5, 5.41) is 17.3. The first-order chi connectivity index (χ1) is 10.3. The predicted octanol–water partition coefficient (Wildman–Crippen LogP) is 2.27. The number of aryl methyl sites for hydroxylation is 1. The maximum Gasteiger partial charge on any atom is 0.0897 e. The van der Waals surface area contributed by atoms with Gasteiger partial charge in [0.25, 0.3) is 0 Å². The van der Waals surface area contributed by atoms with Crippen molar-refractivity contribution in [3.8, 4) is 0 Å². The molecular formula is C15H22N2O2S2. The van der Waals surface area contributed by atoms with Crippen LogP contribution in [0.15, 0.2) is 22.3 Å². The fourth-order valence-corrected chi connectivity index (χ4v) is 3.41. The third-order valence-corrected chi connectivity index (χ3v) is 4.91. The summed E-state index contributed by atoms with van der Waals surface area (Å²) in [4.78, 5) is 5.47. The number of aromatic nitrogens is 1. The van der Waals surface area contributed by atoms with E-state index in [4.69, 9.17) is 4.74 Å². The third kappa shape index (κ3) is 6.23. The van der Waals surface area contributed by atoms with Crippen molar-refractivity contribution in [3.63, 3.8) is 0 Å². The molecule has 0 aliphatic carbocycles. The average Bonchev–Trinajstić information content (AvgIpc) is 3.12. The number of aliphatic hydroxyl groups is 1. The minimum absolute atomic E-state index is 0.378. The SMILES string of the molecule is Cc1ncsc1CCOCC(O)CNCCc1ccsc1. The van der Waals surface area contributed by atoms with E-state index in [-0.39, 0.29) is 0 Å². The van der Waals surface area contributed by atoms with Crippen LogP contribution in [0.4, 0.5) is 0 Å². The van der Waals surface area contributed by atoms with E-state index >= 15 is 0 Å². The zero-order valence-electron chi connectivity index (χ0n) is 12.2. The predicted molar refractivity (Wildman–Crippen MR) is 88.3 cm³/mol. The van der Waals surface area contributed by atoms with Crippen LogP contribution in [-0.2, 0) is 17.6 Å². The lowest BCUT2D eigenvalue weighted by molar-refractivity contribution is 0.0386. The van der Waals surface area contributed by atoms with Gasteiger partial charge in [-0.2, -0.15) is 11.3 Å². The van der Waals surface area contributed by atoms with Gasteiger partial charge in [-0.1, -0.05) is 0 Å². The van der Waals surface area contributed by atoms with Crippen molar-refractivity contribution in [1.29, 1.82) is 0 Å². The Kier molecular flexibility index (Phi) is 7.32. The highest BCUT2D eigenvalue weighted by molar-refractivity contribution is 7.09. The van der Waals surface area contributed by atoms with Crippen LogP contribution in [0.3, 0.4) is 0 Å². The fraction of sp³-hybridized carbons (Fsp3) is 0.533. The highest BCUT2D eigenvalue weighted by Gasteiger charge is 2.05. The van der Waals surface area contributed by atoms with Gasteiger partial charge in [-0.15, -0.1) is 11.3 Å². The molecule has 6 heteroatoms. The van der Waals surface area contributed by atoms with Crippen LogP contribution >= 0.6 is 22.7 Å². The number of ether oxygens (including phenoxy) is 1. The van der Waals surface area contributed by atoms with Gasteiger partial charge in [0, 0.05) is 17.8 Å². The van der Waals surface area contributed by atoms with Gasteiger partial charge in [0.05, 0.1) is 30.5 Å². The van der Waals surface area contributed by atoms with Gasteiger partial charge < -0.3 is 15.2 Å². The minimum atomic E-state index is -0.449. The Hall–Kier alpha value is -0.790. The van der Waals surface area contributed by atoms with Crippen molar-refractivity contribution >= 4 is 22.7 Å². The van der Waals surface area contributed by atoms with E-state index in [1.807, 2.05) is 12.4 Å². The number of rotatable bonds is 10. The molecule has 1 unspecified atom stereocenters. The molecule has 2 N–H and O–H groups in total. The summed E-state index contributed by atoms with van der Waals surface area (Å²) in [7, 11) is 0. The molecule has 0 aliphatic heterocycles. The van der Waals surface area contributed by atoms with Crippen molar-refractivity contribution in [3.05, 3.63) is 38.5 Å². The van der Waals surface area contributed by atoms with Crippen molar-refractivity contribution in [2.45, 2.75) is 25.9 Å². The van der Waals surface area contributed by atoms with E-state index in [1.165, 1.54) is 10.4 Å². The van der Waals surface area contributed by atoms with E-state index < -0.39 is 6.10 Å². The summed E-state index contributed by atoms with van der Waals surface area (Å²) in [6.45, 7) is 4.48. The fourth-order valence-electron chi connectivity index (χ4n) is 1.95. The van der Waals surface area contributed by atoms with Crippen LogP contribution in [0.25, 0.3) is 0 Å². The first kappa shape index (κ1) is 16.6. The highest BCUT2D eigenvalue weighted by Crippen LogP contribution is 2.12. The van der Waals surface area contributed by atoms with E-state index in [0.717, 1.165) is 25.1 Å². The minimum Gasteiger partial charge on any atom is -0.389 e. The molecule has 2 aromatic rings. The van der Waals surface area contributed by atoms with Crippen LogP contribution in [0.5, 0.6) is 0 Å². The number of thiazole rings is 1. The molecule has 0 aliphatic rings. The standard InChI is InChI=1S/C15H22N2O2S2/c1-12-15(21-11-17-12)3-6-19-9-14(18)8-16-5-2-13-4-7-20-10-13/h4,7,10-11,14,16,18H,2-3,5-6,8-9H2,1H3.